The van der Waals surface area contributed by atoms with Gasteiger partial charge in [0.2, 0.25) is 0 Å². The van der Waals surface area contributed by atoms with Crippen LogP contribution >= 0.6 is 0 Å². The van der Waals surface area contributed by atoms with E-state index in [1.807, 2.05) is 18.2 Å². The van der Waals surface area contributed by atoms with Gasteiger partial charge >= 0.3 is 0 Å². The van der Waals surface area contributed by atoms with Crippen molar-refractivity contribution in [1.82, 2.24) is 4.98 Å². The standard InChI is InChI=1S/C16H20N2O/c19-16(9-2-1-3-10-16)12-18-15-8-4-7-14-13(15)6-5-11-17-14/h4-8,11,18-19H,1-3,9-10,12H2. The summed E-state index contributed by atoms with van der Waals surface area (Å²) in [5, 5.41) is 15.0. The smallest absolute Gasteiger partial charge is 0.0819 e. The Hall–Kier alpha value is -1.61. The van der Waals surface area contributed by atoms with Crippen LogP contribution in [0.2, 0.25) is 0 Å². The summed E-state index contributed by atoms with van der Waals surface area (Å²) in [4.78, 5) is 4.35. The van der Waals surface area contributed by atoms with Crippen molar-refractivity contribution in [3.8, 4) is 0 Å². The van der Waals surface area contributed by atoms with Crippen LogP contribution in [0.1, 0.15) is 32.1 Å². The third-order valence-electron chi connectivity index (χ3n) is 4.04. The molecule has 1 aromatic carbocycles. The Labute approximate surface area is 113 Å². The summed E-state index contributed by atoms with van der Waals surface area (Å²) >= 11 is 0. The van der Waals surface area contributed by atoms with Gasteiger partial charge in [-0.15, -0.1) is 0 Å². The summed E-state index contributed by atoms with van der Waals surface area (Å²) < 4.78 is 0. The van der Waals surface area contributed by atoms with Gasteiger partial charge in [-0.2, -0.15) is 0 Å². The van der Waals surface area contributed by atoms with Crippen LogP contribution in [-0.2, 0) is 0 Å². The lowest BCUT2D eigenvalue weighted by Crippen LogP contribution is -2.38. The number of anilines is 1. The highest BCUT2D eigenvalue weighted by Gasteiger charge is 2.28. The predicted octanol–water partition coefficient (Wildman–Crippen LogP) is 3.34. The van der Waals surface area contributed by atoms with Crippen molar-refractivity contribution in [3.63, 3.8) is 0 Å². The summed E-state index contributed by atoms with van der Waals surface area (Å²) in [7, 11) is 0. The third kappa shape index (κ3) is 2.71. The van der Waals surface area contributed by atoms with Gasteiger partial charge in [0.25, 0.3) is 0 Å². The molecular formula is C16H20N2O. The number of aromatic nitrogens is 1. The fourth-order valence-electron chi connectivity index (χ4n) is 2.90. The maximum absolute atomic E-state index is 10.5. The van der Waals surface area contributed by atoms with E-state index in [0.717, 1.165) is 42.3 Å². The number of rotatable bonds is 3. The summed E-state index contributed by atoms with van der Waals surface area (Å²) in [6.07, 6.45) is 7.14. The molecule has 1 aliphatic carbocycles. The van der Waals surface area contributed by atoms with Crippen LogP contribution in [0, 0.1) is 0 Å². The number of benzene rings is 1. The van der Waals surface area contributed by atoms with Crippen LogP contribution in [0.25, 0.3) is 10.9 Å². The second-order valence-electron chi connectivity index (χ2n) is 5.51. The summed E-state index contributed by atoms with van der Waals surface area (Å²) in [6, 6.07) is 10.1. The maximum Gasteiger partial charge on any atom is 0.0819 e. The number of pyridine rings is 1. The fourth-order valence-corrected chi connectivity index (χ4v) is 2.90. The van der Waals surface area contributed by atoms with Gasteiger partial charge in [-0.25, -0.2) is 0 Å². The molecule has 0 amide bonds. The zero-order valence-corrected chi connectivity index (χ0v) is 11.1. The highest BCUT2D eigenvalue weighted by atomic mass is 16.3. The molecule has 2 N–H and O–H groups in total. The van der Waals surface area contributed by atoms with Crippen molar-refractivity contribution in [1.29, 1.82) is 0 Å². The van der Waals surface area contributed by atoms with Crippen LogP contribution in [0.3, 0.4) is 0 Å². The van der Waals surface area contributed by atoms with E-state index in [2.05, 4.69) is 22.4 Å². The number of fused-ring (bicyclic) bond motifs is 1. The second kappa shape index (κ2) is 5.17. The van der Waals surface area contributed by atoms with E-state index >= 15 is 0 Å². The average Bonchev–Trinajstić information content (AvgIpc) is 2.46. The van der Waals surface area contributed by atoms with Crippen LogP contribution in [-0.4, -0.2) is 22.2 Å². The quantitative estimate of drug-likeness (QED) is 0.885. The zero-order valence-electron chi connectivity index (χ0n) is 11.1. The topological polar surface area (TPSA) is 45.1 Å². The Bertz CT molecular complexity index is 556. The predicted molar refractivity (Wildman–Crippen MR) is 78.3 cm³/mol. The molecule has 3 nitrogen and oxygen atoms in total. The molecule has 0 radical (unpaired) electrons. The van der Waals surface area contributed by atoms with Crippen molar-refractivity contribution in [2.75, 3.05) is 11.9 Å². The molecule has 0 aliphatic heterocycles. The van der Waals surface area contributed by atoms with Gasteiger partial charge in [-0.1, -0.05) is 25.3 Å². The van der Waals surface area contributed by atoms with E-state index < -0.39 is 5.60 Å². The molecule has 0 spiro atoms. The van der Waals surface area contributed by atoms with Gasteiger partial charge in [-0.3, -0.25) is 4.98 Å². The van der Waals surface area contributed by atoms with E-state index in [0.29, 0.717) is 6.54 Å². The molecule has 1 aromatic heterocycles. The third-order valence-corrected chi connectivity index (χ3v) is 4.04. The molecular weight excluding hydrogens is 236 g/mol. The van der Waals surface area contributed by atoms with Gasteiger partial charge < -0.3 is 10.4 Å². The van der Waals surface area contributed by atoms with E-state index in [-0.39, 0.29) is 0 Å². The van der Waals surface area contributed by atoms with Gasteiger partial charge in [0.05, 0.1) is 11.1 Å². The largest absolute Gasteiger partial charge is 0.388 e. The lowest BCUT2D eigenvalue weighted by Gasteiger charge is -2.32. The minimum Gasteiger partial charge on any atom is -0.388 e. The van der Waals surface area contributed by atoms with E-state index in [9.17, 15) is 5.11 Å². The Kier molecular flexibility index (Phi) is 3.38. The molecule has 0 unspecified atom stereocenters. The van der Waals surface area contributed by atoms with Crippen molar-refractivity contribution < 1.29 is 5.11 Å². The molecule has 0 bridgehead atoms. The first-order valence-corrected chi connectivity index (χ1v) is 7.07. The first kappa shape index (κ1) is 12.4. The molecule has 1 heterocycles. The molecule has 100 valence electrons. The molecule has 2 aromatic rings. The van der Waals surface area contributed by atoms with Crippen molar-refractivity contribution in [3.05, 3.63) is 36.5 Å². The van der Waals surface area contributed by atoms with Gasteiger partial charge in [0.1, 0.15) is 0 Å². The number of hydrogen-bond donors (Lipinski definition) is 2. The van der Waals surface area contributed by atoms with Crippen molar-refractivity contribution >= 4 is 16.6 Å². The summed E-state index contributed by atoms with van der Waals surface area (Å²) in [6.45, 7) is 0.626. The van der Waals surface area contributed by atoms with Crippen LogP contribution in [0.4, 0.5) is 5.69 Å². The molecule has 3 rings (SSSR count). The highest BCUT2D eigenvalue weighted by molar-refractivity contribution is 5.91. The van der Waals surface area contributed by atoms with Crippen LogP contribution < -0.4 is 5.32 Å². The van der Waals surface area contributed by atoms with Crippen LogP contribution in [0.15, 0.2) is 36.5 Å². The Morgan fingerprint density at radius 1 is 1.11 bits per heavy atom. The van der Waals surface area contributed by atoms with E-state index in [1.165, 1.54) is 6.42 Å². The van der Waals surface area contributed by atoms with Crippen LogP contribution in [0.5, 0.6) is 0 Å². The number of hydrogen-bond acceptors (Lipinski definition) is 3. The number of nitrogens with one attached hydrogen (secondary N) is 1. The second-order valence-corrected chi connectivity index (χ2v) is 5.51. The molecule has 0 atom stereocenters. The fraction of sp³-hybridized carbons (Fsp3) is 0.438. The minimum absolute atomic E-state index is 0.539. The Morgan fingerprint density at radius 3 is 2.79 bits per heavy atom. The van der Waals surface area contributed by atoms with E-state index in [1.54, 1.807) is 6.20 Å². The zero-order chi connectivity index (χ0) is 13.1. The Balaban J connectivity index is 1.78. The lowest BCUT2D eigenvalue weighted by atomic mass is 9.85. The lowest BCUT2D eigenvalue weighted by molar-refractivity contribution is 0.0167. The van der Waals surface area contributed by atoms with Gasteiger partial charge in [-0.05, 0) is 37.1 Å². The monoisotopic (exact) mass is 256 g/mol. The SMILES string of the molecule is OC1(CNc2cccc3ncccc23)CCCCC1. The highest BCUT2D eigenvalue weighted by Crippen LogP contribution is 2.29. The summed E-state index contributed by atoms with van der Waals surface area (Å²) in [5.74, 6) is 0. The average molecular weight is 256 g/mol. The molecule has 1 aliphatic rings. The normalized spacial score (nSPS) is 18.4. The summed E-state index contributed by atoms with van der Waals surface area (Å²) in [5.41, 5.74) is 1.51. The van der Waals surface area contributed by atoms with Gasteiger partial charge in [0, 0.05) is 23.8 Å². The molecule has 0 saturated heterocycles. The Morgan fingerprint density at radius 2 is 1.95 bits per heavy atom. The number of nitrogens with zero attached hydrogens (tertiary/aromatic N) is 1. The van der Waals surface area contributed by atoms with E-state index in [4.69, 9.17) is 0 Å². The maximum atomic E-state index is 10.5. The number of aliphatic hydroxyl groups is 1. The molecule has 1 fully saturated rings. The van der Waals surface area contributed by atoms with Crippen molar-refractivity contribution in [2.45, 2.75) is 37.7 Å². The minimum atomic E-state index is -0.539. The molecule has 3 heteroatoms. The first-order valence-electron chi connectivity index (χ1n) is 7.07. The molecule has 19 heavy (non-hydrogen) atoms. The molecule has 1 saturated carbocycles. The van der Waals surface area contributed by atoms with Crippen molar-refractivity contribution in [2.24, 2.45) is 0 Å². The first-order chi connectivity index (χ1) is 9.27. The van der Waals surface area contributed by atoms with Gasteiger partial charge in [0.15, 0.2) is 0 Å².